The summed E-state index contributed by atoms with van der Waals surface area (Å²) < 4.78 is 26.2. The number of aliphatic imine (C=N–C) groups is 1. The smallest absolute Gasteiger partial charge is 0.257 e. The van der Waals surface area contributed by atoms with E-state index in [2.05, 4.69) is 26.5 Å². The standard InChI is InChI=1S/C21H25F2N5O/c1-21(2,3)26-20(25-19(29)14-6-10-16(23)11-7-14)24-18-12-17(27-28-18)13-4-8-15(22)9-5-13/h4-11,17-18,27-28H,12H2,1-3H3,(H2,24,25,26,29). The van der Waals surface area contributed by atoms with E-state index in [9.17, 15) is 13.6 Å². The van der Waals surface area contributed by atoms with Gasteiger partial charge < -0.3 is 5.32 Å². The van der Waals surface area contributed by atoms with Crippen molar-refractivity contribution in [2.75, 3.05) is 0 Å². The molecular weight excluding hydrogens is 376 g/mol. The lowest BCUT2D eigenvalue weighted by Crippen LogP contribution is -2.50. The minimum Gasteiger partial charge on any atom is -0.351 e. The van der Waals surface area contributed by atoms with E-state index in [4.69, 9.17) is 0 Å². The molecule has 154 valence electrons. The Morgan fingerprint density at radius 2 is 1.59 bits per heavy atom. The summed E-state index contributed by atoms with van der Waals surface area (Å²) in [7, 11) is 0. The van der Waals surface area contributed by atoms with Crippen LogP contribution in [-0.4, -0.2) is 23.6 Å². The van der Waals surface area contributed by atoms with E-state index in [1.807, 2.05) is 20.8 Å². The van der Waals surface area contributed by atoms with Gasteiger partial charge in [-0.05, 0) is 62.7 Å². The monoisotopic (exact) mass is 401 g/mol. The summed E-state index contributed by atoms with van der Waals surface area (Å²) in [4.78, 5) is 17.1. The summed E-state index contributed by atoms with van der Waals surface area (Å²) >= 11 is 0. The molecular formula is C21H25F2N5O. The second-order valence-electron chi connectivity index (χ2n) is 7.96. The van der Waals surface area contributed by atoms with Crippen LogP contribution in [0.3, 0.4) is 0 Å². The highest BCUT2D eigenvalue weighted by Gasteiger charge is 2.26. The second-order valence-corrected chi connectivity index (χ2v) is 7.96. The quantitative estimate of drug-likeness (QED) is 0.471. The third kappa shape index (κ3) is 6.07. The van der Waals surface area contributed by atoms with Crippen molar-refractivity contribution in [2.24, 2.45) is 4.99 Å². The van der Waals surface area contributed by atoms with Gasteiger partial charge >= 0.3 is 0 Å². The van der Waals surface area contributed by atoms with E-state index in [1.165, 1.54) is 36.4 Å². The molecule has 1 fully saturated rings. The molecule has 4 N–H and O–H groups in total. The number of nitrogens with zero attached hydrogens (tertiary/aromatic N) is 1. The van der Waals surface area contributed by atoms with Crippen LogP contribution in [0.15, 0.2) is 53.5 Å². The molecule has 6 nitrogen and oxygen atoms in total. The van der Waals surface area contributed by atoms with E-state index in [0.29, 0.717) is 17.9 Å². The van der Waals surface area contributed by atoms with Crippen LogP contribution in [-0.2, 0) is 0 Å². The first-order chi connectivity index (χ1) is 13.7. The Morgan fingerprint density at radius 1 is 1.00 bits per heavy atom. The Labute approximate surface area is 168 Å². The Bertz CT molecular complexity index is 875. The van der Waals surface area contributed by atoms with Crippen molar-refractivity contribution in [1.82, 2.24) is 21.5 Å². The van der Waals surface area contributed by atoms with Crippen molar-refractivity contribution in [3.8, 4) is 0 Å². The number of halogens is 2. The zero-order valence-corrected chi connectivity index (χ0v) is 16.6. The average molecular weight is 401 g/mol. The maximum Gasteiger partial charge on any atom is 0.257 e. The number of rotatable bonds is 3. The van der Waals surface area contributed by atoms with Gasteiger partial charge in [0, 0.05) is 23.6 Å². The van der Waals surface area contributed by atoms with E-state index < -0.39 is 5.82 Å². The molecule has 0 spiro atoms. The molecule has 29 heavy (non-hydrogen) atoms. The molecule has 3 rings (SSSR count). The van der Waals surface area contributed by atoms with Crippen molar-refractivity contribution in [3.05, 3.63) is 71.3 Å². The Hall–Kier alpha value is -2.84. The fraction of sp³-hybridized carbons (Fsp3) is 0.333. The lowest BCUT2D eigenvalue weighted by Gasteiger charge is -2.24. The van der Waals surface area contributed by atoms with Crippen LogP contribution in [0.2, 0.25) is 0 Å². The van der Waals surface area contributed by atoms with Crippen LogP contribution in [0.5, 0.6) is 0 Å². The molecule has 0 aromatic heterocycles. The predicted molar refractivity (Wildman–Crippen MR) is 108 cm³/mol. The van der Waals surface area contributed by atoms with Crippen LogP contribution in [0.4, 0.5) is 8.78 Å². The van der Waals surface area contributed by atoms with E-state index in [0.717, 1.165) is 5.56 Å². The van der Waals surface area contributed by atoms with Gasteiger partial charge in [0.1, 0.15) is 17.8 Å². The number of carbonyl (C=O) groups excluding carboxylic acids is 1. The summed E-state index contributed by atoms with van der Waals surface area (Å²) in [6, 6.07) is 11.6. The fourth-order valence-corrected chi connectivity index (χ4v) is 2.93. The largest absolute Gasteiger partial charge is 0.351 e. The molecule has 0 aliphatic carbocycles. The van der Waals surface area contributed by atoms with Crippen molar-refractivity contribution in [3.63, 3.8) is 0 Å². The summed E-state index contributed by atoms with van der Waals surface area (Å²) in [6.45, 7) is 5.86. The van der Waals surface area contributed by atoms with Crippen LogP contribution in [0, 0.1) is 11.6 Å². The minimum absolute atomic E-state index is 0.0342. The number of nitrogens with one attached hydrogen (secondary N) is 4. The average Bonchev–Trinajstić information content (AvgIpc) is 3.09. The number of amides is 1. The second kappa shape index (κ2) is 8.67. The van der Waals surface area contributed by atoms with E-state index >= 15 is 0 Å². The van der Waals surface area contributed by atoms with Crippen LogP contribution in [0.1, 0.15) is 49.2 Å². The number of hydrazine groups is 1. The van der Waals surface area contributed by atoms with Crippen LogP contribution < -0.4 is 21.5 Å². The predicted octanol–water partition coefficient (Wildman–Crippen LogP) is 3.00. The first-order valence-corrected chi connectivity index (χ1v) is 9.39. The third-order valence-electron chi connectivity index (χ3n) is 4.27. The molecule has 0 saturated carbocycles. The SMILES string of the molecule is CC(C)(C)NC(=NC1CC(c2ccc(F)cc2)NN1)NC(=O)c1ccc(F)cc1. The molecule has 2 aromatic rings. The Morgan fingerprint density at radius 3 is 2.17 bits per heavy atom. The summed E-state index contributed by atoms with van der Waals surface area (Å²) in [5, 5.41) is 5.94. The zero-order chi connectivity index (χ0) is 21.0. The number of hydrogen-bond acceptors (Lipinski definition) is 4. The van der Waals surface area contributed by atoms with E-state index in [1.54, 1.807) is 12.1 Å². The fourth-order valence-electron chi connectivity index (χ4n) is 2.93. The topological polar surface area (TPSA) is 77.6 Å². The zero-order valence-electron chi connectivity index (χ0n) is 16.6. The molecule has 8 heteroatoms. The number of benzene rings is 2. The van der Waals surface area contributed by atoms with E-state index in [-0.39, 0.29) is 29.5 Å². The molecule has 1 amide bonds. The lowest BCUT2D eigenvalue weighted by atomic mass is 10.0. The molecule has 2 unspecified atom stereocenters. The highest BCUT2D eigenvalue weighted by molar-refractivity contribution is 6.05. The van der Waals surface area contributed by atoms with Crippen LogP contribution in [0.25, 0.3) is 0 Å². The number of hydrogen-bond donors (Lipinski definition) is 4. The Kier molecular flexibility index (Phi) is 6.24. The minimum atomic E-state index is -0.406. The maximum atomic E-state index is 13.1. The molecule has 1 heterocycles. The van der Waals surface area contributed by atoms with Gasteiger partial charge in [0.2, 0.25) is 0 Å². The third-order valence-corrected chi connectivity index (χ3v) is 4.27. The molecule has 1 aliphatic heterocycles. The van der Waals surface area contributed by atoms with Gasteiger partial charge in [0.05, 0.1) is 0 Å². The van der Waals surface area contributed by atoms with Gasteiger partial charge in [0.15, 0.2) is 5.96 Å². The highest BCUT2D eigenvalue weighted by Crippen LogP contribution is 2.23. The van der Waals surface area contributed by atoms with Crippen molar-refractivity contribution < 1.29 is 13.6 Å². The number of carbonyl (C=O) groups is 1. The van der Waals surface area contributed by atoms with Crippen molar-refractivity contribution in [1.29, 1.82) is 0 Å². The molecule has 1 saturated heterocycles. The number of guanidine groups is 1. The Balaban J connectivity index is 1.72. The van der Waals surface area contributed by atoms with Gasteiger partial charge in [-0.25, -0.2) is 24.6 Å². The van der Waals surface area contributed by atoms with Gasteiger partial charge in [-0.3, -0.25) is 10.1 Å². The maximum absolute atomic E-state index is 13.1. The van der Waals surface area contributed by atoms with Crippen molar-refractivity contribution >= 4 is 11.9 Å². The van der Waals surface area contributed by atoms with Crippen LogP contribution >= 0.6 is 0 Å². The first kappa shape index (κ1) is 20.9. The highest BCUT2D eigenvalue weighted by atomic mass is 19.1. The normalized spacial score (nSPS) is 19.8. The summed E-state index contributed by atoms with van der Waals surface area (Å²) in [5.74, 6) is -0.766. The summed E-state index contributed by atoms with van der Waals surface area (Å²) in [5.41, 5.74) is 7.16. The van der Waals surface area contributed by atoms with Crippen molar-refractivity contribution in [2.45, 2.75) is 44.9 Å². The first-order valence-electron chi connectivity index (χ1n) is 9.39. The molecule has 2 aromatic carbocycles. The van der Waals surface area contributed by atoms with Gasteiger partial charge in [0.25, 0.3) is 5.91 Å². The van der Waals surface area contributed by atoms with Gasteiger partial charge in [-0.1, -0.05) is 12.1 Å². The molecule has 0 radical (unpaired) electrons. The summed E-state index contributed by atoms with van der Waals surface area (Å²) in [6.07, 6.45) is 0.316. The molecule has 2 atom stereocenters. The van der Waals surface area contributed by atoms with Gasteiger partial charge in [-0.2, -0.15) is 0 Å². The molecule has 0 bridgehead atoms. The molecule has 1 aliphatic rings. The lowest BCUT2D eigenvalue weighted by molar-refractivity contribution is 0.0975. The van der Waals surface area contributed by atoms with Gasteiger partial charge in [-0.15, -0.1) is 0 Å².